The van der Waals surface area contributed by atoms with Crippen LogP contribution in [-0.2, 0) is 16.0 Å². The van der Waals surface area contributed by atoms with Gasteiger partial charge in [0, 0.05) is 36.2 Å². The maximum absolute atomic E-state index is 13.4. The molecule has 1 saturated heterocycles. The first-order valence-electron chi connectivity index (χ1n) is 11.8. The lowest BCUT2D eigenvalue weighted by Crippen LogP contribution is -2.39. The first-order valence-corrected chi connectivity index (χ1v) is 12.6. The van der Waals surface area contributed by atoms with Crippen LogP contribution in [-0.4, -0.2) is 44.0 Å². The zero-order valence-electron chi connectivity index (χ0n) is 19.9. The first kappa shape index (κ1) is 23.2. The van der Waals surface area contributed by atoms with Crippen molar-refractivity contribution >= 4 is 34.9 Å². The van der Waals surface area contributed by atoms with E-state index < -0.39 is 0 Å². The summed E-state index contributed by atoms with van der Waals surface area (Å²) < 4.78 is 11.1. The van der Waals surface area contributed by atoms with E-state index in [2.05, 4.69) is 6.07 Å². The van der Waals surface area contributed by atoms with E-state index in [1.165, 1.54) is 5.56 Å². The number of thiophene rings is 1. The number of carbonyl (C=O) groups excluding carboxylic acids is 2. The van der Waals surface area contributed by atoms with Gasteiger partial charge < -0.3 is 19.3 Å². The van der Waals surface area contributed by atoms with Crippen molar-refractivity contribution in [1.82, 2.24) is 4.90 Å². The molecule has 1 atom stereocenters. The average molecular weight is 489 g/mol. The standard InChI is InChI=1S/C28H28N2O4S/c1-33-23-17-20-13-15-30(28(25-5-4-16-35-25)22(20)18-24(23)34-2)27(32)12-9-19-7-10-21(11-8-19)29-14-3-6-26(29)31/h4-5,7-12,16-18,28H,3,6,13-15H2,1-2H3. The third-order valence-corrected chi connectivity index (χ3v) is 7.59. The maximum atomic E-state index is 13.4. The Hall–Kier alpha value is -3.58. The van der Waals surface area contributed by atoms with Crippen molar-refractivity contribution in [2.75, 3.05) is 32.2 Å². The lowest BCUT2D eigenvalue weighted by molar-refractivity contribution is -0.127. The van der Waals surface area contributed by atoms with Crippen LogP contribution >= 0.6 is 11.3 Å². The first-order chi connectivity index (χ1) is 17.1. The van der Waals surface area contributed by atoms with Gasteiger partial charge in [-0.2, -0.15) is 0 Å². The highest BCUT2D eigenvalue weighted by Crippen LogP contribution is 2.42. The second kappa shape index (κ2) is 9.96. The predicted octanol–water partition coefficient (Wildman–Crippen LogP) is 5.08. The topological polar surface area (TPSA) is 59.1 Å². The van der Waals surface area contributed by atoms with Gasteiger partial charge in [-0.05, 0) is 71.3 Å². The van der Waals surface area contributed by atoms with Crippen molar-refractivity contribution in [3.8, 4) is 11.5 Å². The Morgan fingerprint density at radius 2 is 1.80 bits per heavy atom. The number of benzene rings is 2. The molecule has 0 saturated carbocycles. The second-order valence-corrected chi connectivity index (χ2v) is 9.66. The molecule has 3 heterocycles. The van der Waals surface area contributed by atoms with Crippen LogP contribution < -0.4 is 14.4 Å². The van der Waals surface area contributed by atoms with Crippen LogP contribution in [0.5, 0.6) is 11.5 Å². The molecule has 7 heteroatoms. The minimum absolute atomic E-state index is 0.0392. The number of anilines is 1. The third kappa shape index (κ3) is 4.56. The van der Waals surface area contributed by atoms with Crippen LogP contribution in [0.25, 0.3) is 6.08 Å². The zero-order valence-corrected chi connectivity index (χ0v) is 20.7. The van der Waals surface area contributed by atoms with E-state index >= 15 is 0 Å². The summed E-state index contributed by atoms with van der Waals surface area (Å²) in [5, 5.41) is 2.04. The highest BCUT2D eigenvalue weighted by molar-refractivity contribution is 7.10. The average Bonchev–Trinajstić information content (AvgIpc) is 3.58. The third-order valence-electron chi connectivity index (χ3n) is 6.67. The number of carbonyl (C=O) groups is 2. The van der Waals surface area contributed by atoms with Gasteiger partial charge in [-0.1, -0.05) is 18.2 Å². The minimum atomic E-state index is -0.181. The highest BCUT2D eigenvalue weighted by Gasteiger charge is 2.33. The van der Waals surface area contributed by atoms with E-state index in [9.17, 15) is 9.59 Å². The summed E-state index contributed by atoms with van der Waals surface area (Å²) in [7, 11) is 3.27. The molecule has 2 aliphatic heterocycles. The molecule has 2 aromatic carbocycles. The number of methoxy groups -OCH3 is 2. The van der Waals surface area contributed by atoms with E-state index in [0.29, 0.717) is 24.5 Å². The SMILES string of the molecule is COc1cc2c(cc1OC)C(c1cccs1)N(C(=O)C=Cc1ccc(N3CCCC3=O)cc1)CC2. The molecular formula is C28H28N2O4S. The quantitative estimate of drug-likeness (QED) is 0.454. The summed E-state index contributed by atoms with van der Waals surface area (Å²) in [6.45, 7) is 1.38. The highest BCUT2D eigenvalue weighted by atomic mass is 32.1. The Balaban J connectivity index is 1.40. The minimum Gasteiger partial charge on any atom is -0.493 e. The number of rotatable bonds is 6. The van der Waals surface area contributed by atoms with Gasteiger partial charge in [0.2, 0.25) is 11.8 Å². The van der Waals surface area contributed by atoms with Crippen LogP contribution in [0, 0.1) is 0 Å². The molecule has 0 bridgehead atoms. The Morgan fingerprint density at radius 3 is 2.46 bits per heavy atom. The van der Waals surface area contributed by atoms with E-state index in [0.717, 1.165) is 41.1 Å². The number of ether oxygens (including phenoxy) is 2. The van der Waals surface area contributed by atoms with Crippen molar-refractivity contribution in [2.24, 2.45) is 0 Å². The molecule has 2 aliphatic rings. The van der Waals surface area contributed by atoms with Gasteiger partial charge >= 0.3 is 0 Å². The van der Waals surface area contributed by atoms with Gasteiger partial charge in [-0.15, -0.1) is 11.3 Å². The van der Waals surface area contributed by atoms with Gasteiger partial charge in [-0.25, -0.2) is 0 Å². The summed E-state index contributed by atoms with van der Waals surface area (Å²) in [4.78, 5) is 30.3. The maximum Gasteiger partial charge on any atom is 0.247 e. The van der Waals surface area contributed by atoms with Crippen LogP contribution in [0.1, 0.15) is 40.5 Å². The van der Waals surface area contributed by atoms with E-state index in [1.807, 2.05) is 63.7 Å². The summed E-state index contributed by atoms with van der Waals surface area (Å²) in [5.74, 6) is 1.49. The number of amides is 2. The number of hydrogen-bond donors (Lipinski definition) is 0. The molecule has 6 nitrogen and oxygen atoms in total. The molecular weight excluding hydrogens is 460 g/mol. The summed E-state index contributed by atoms with van der Waals surface area (Å²) in [5.41, 5.74) is 4.06. The van der Waals surface area contributed by atoms with Crippen LogP contribution in [0.3, 0.4) is 0 Å². The van der Waals surface area contributed by atoms with Crippen molar-refractivity contribution in [3.63, 3.8) is 0 Å². The number of nitrogens with zero attached hydrogens (tertiary/aromatic N) is 2. The molecule has 2 amide bonds. The molecule has 0 radical (unpaired) electrons. The molecule has 0 N–H and O–H groups in total. The van der Waals surface area contributed by atoms with Gasteiger partial charge in [0.25, 0.3) is 0 Å². The van der Waals surface area contributed by atoms with Crippen molar-refractivity contribution in [3.05, 3.63) is 81.6 Å². The fourth-order valence-corrected chi connectivity index (χ4v) is 5.74. The van der Waals surface area contributed by atoms with Crippen molar-refractivity contribution in [2.45, 2.75) is 25.3 Å². The Morgan fingerprint density at radius 1 is 1.03 bits per heavy atom. The second-order valence-electron chi connectivity index (χ2n) is 8.68. The summed E-state index contributed by atoms with van der Waals surface area (Å²) in [6, 6.07) is 15.7. The molecule has 1 fully saturated rings. The normalized spacial score (nSPS) is 17.7. The number of fused-ring (bicyclic) bond motifs is 1. The van der Waals surface area contributed by atoms with Gasteiger partial charge in [0.1, 0.15) is 0 Å². The molecule has 1 unspecified atom stereocenters. The largest absolute Gasteiger partial charge is 0.493 e. The molecule has 180 valence electrons. The van der Waals surface area contributed by atoms with Gasteiger partial charge in [0.15, 0.2) is 11.5 Å². The van der Waals surface area contributed by atoms with Crippen LogP contribution in [0.4, 0.5) is 5.69 Å². The number of hydrogen-bond acceptors (Lipinski definition) is 5. The lowest BCUT2D eigenvalue weighted by Gasteiger charge is -2.37. The van der Waals surface area contributed by atoms with Crippen LogP contribution in [0.2, 0.25) is 0 Å². The van der Waals surface area contributed by atoms with Crippen molar-refractivity contribution in [1.29, 1.82) is 0 Å². The van der Waals surface area contributed by atoms with Crippen molar-refractivity contribution < 1.29 is 19.1 Å². The molecule has 5 rings (SSSR count). The van der Waals surface area contributed by atoms with E-state index in [1.54, 1.807) is 31.6 Å². The Bertz CT molecular complexity index is 1250. The molecule has 0 aliphatic carbocycles. The predicted molar refractivity (Wildman–Crippen MR) is 138 cm³/mol. The summed E-state index contributed by atoms with van der Waals surface area (Å²) in [6.07, 6.45) is 5.74. The van der Waals surface area contributed by atoms with Crippen LogP contribution in [0.15, 0.2) is 60.0 Å². The Kier molecular flexibility index (Phi) is 6.59. The fourth-order valence-electron chi connectivity index (χ4n) is 4.89. The fraction of sp³-hybridized carbons (Fsp3) is 0.286. The molecule has 3 aromatic rings. The monoisotopic (exact) mass is 488 g/mol. The van der Waals surface area contributed by atoms with E-state index in [-0.39, 0.29) is 17.9 Å². The van der Waals surface area contributed by atoms with Gasteiger partial charge in [-0.3, -0.25) is 9.59 Å². The lowest BCUT2D eigenvalue weighted by atomic mass is 9.90. The summed E-state index contributed by atoms with van der Waals surface area (Å²) >= 11 is 1.64. The zero-order chi connectivity index (χ0) is 24.4. The molecule has 35 heavy (non-hydrogen) atoms. The molecule has 1 aromatic heterocycles. The molecule has 0 spiro atoms. The Labute approximate surface area is 209 Å². The van der Waals surface area contributed by atoms with E-state index in [4.69, 9.17) is 9.47 Å². The smallest absolute Gasteiger partial charge is 0.247 e. The van der Waals surface area contributed by atoms with Gasteiger partial charge in [0.05, 0.1) is 20.3 Å².